The molecule has 0 radical (unpaired) electrons. The van der Waals surface area contributed by atoms with Gasteiger partial charge in [-0.1, -0.05) is 0 Å². The summed E-state index contributed by atoms with van der Waals surface area (Å²) < 4.78 is 4.61. The van der Waals surface area contributed by atoms with Crippen LogP contribution >= 0.6 is 7.92 Å². The first-order valence-corrected chi connectivity index (χ1v) is 9.87. The van der Waals surface area contributed by atoms with Crippen molar-refractivity contribution in [3.05, 3.63) is 47.5 Å². The van der Waals surface area contributed by atoms with Crippen LogP contribution in [-0.4, -0.2) is 21.0 Å². The van der Waals surface area contributed by atoms with E-state index in [1.165, 1.54) is 22.4 Å². The number of benzene rings is 1. The number of imidazole rings is 1. The van der Waals surface area contributed by atoms with Gasteiger partial charge >= 0.3 is 0 Å². The SMILES string of the molecule is Cc1cc(C)c(-n2ccn(C[PH+](C)C(C)(C)C)[cH+]2)c(C)c1.[Ni]. The Labute approximate surface area is 146 Å². The van der Waals surface area contributed by atoms with Crippen LogP contribution in [0.25, 0.3) is 5.69 Å². The Bertz CT molecular complexity index is 618. The van der Waals surface area contributed by atoms with Gasteiger partial charge in [0.25, 0.3) is 0 Å². The molecule has 0 bridgehead atoms. The van der Waals surface area contributed by atoms with Crippen molar-refractivity contribution < 1.29 is 16.5 Å². The molecule has 2 nitrogen and oxygen atoms in total. The van der Waals surface area contributed by atoms with Crippen LogP contribution in [0.15, 0.2) is 30.9 Å². The first-order valence-electron chi connectivity index (χ1n) is 7.66. The van der Waals surface area contributed by atoms with Gasteiger partial charge in [0.2, 0.25) is 0 Å². The average Bonchev–Trinajstić information content (AvgIpc) is 2.74. The molecule has 1 aromatic heterocycles. The van der Waals surface area contributed by atoms with E-state index in [2.05, 4.69) is 88.2 Å². The minimum absolute atomic E-state index is 0. The molecule has 0 aliphatic heterocycles. The predicted octanol–water partition coefficient (Wildman–Crippen LogP) is 5.08. The molecule has 2 rings (SSSR count). The Hall–Kier alpha value is -0.646. The van der Waals surface area contributed by atoms with Crippen LogP contribution in [-0.2, 0) is 22.8 Å². The molecule has 4 heteroatoms. The third-order valence-electron chi connectivity index (χ3n) is 4.29. The zero-order valence-electron chi connectivity index (χ0n) is 14.8. The summed E-state index contributed by atoms with van der Waals surface area (Å²) in [7, 11) is -0.403. The van der Waals surface area contributed by atoms with E-state index in [0.717, 1.165) is 6.29 Å². The Morgan fingerprint density at radius 1 is 1.05 bits per heavy atom. The third-order valence-corrected chi connectivity index (χ3v) is 7.69. The van der Waals surface area contributed by atoms with E-state index in [9.17, 15) is 0 Å². The van der Waals surface area contributed by atoms with Crippen molar-refractivity contribution in [2.75, 3.05) is 6.66 Å². The second-order valence-corrected chi connectivity index (χ2v) is 10.6. The molecule has 0 saturated carbocycles. The van der Waals surface area contributed by atoms with Crippen LogP contribution in [0.5, 0.6) is 0 Å². The van der Waals surface area contributed by atoms with Crippen molar-refractivity contribution in [1.29, 1.82) is 0 Å². The van der Waals surface area contributed by atoms with Gasteiger partial charge in [-0.25, -0.2) is 4.57 Å². The van der Waals surface area contributed by atoms with Crippen LogP contribution in [0.4, 0.5) is 0 Å². The number of hydrogen-bond donors (Lipinski definition) is 0. The number of aromatic nitrogens is 2. The number of nitrogens with zero attached hydrogens (tertiary/aromatic N) is 2. The first kappa shape index (κ1) is 19.4. The molecule has 0 spiro atoms. The Morgan fingerprint density at radius 3 is 2.09 bits per heavy atom. The fourth-order valence-electron chi connectivity index (χ4n) is 2.71. The largest absolute Gasteiger partial charge is 0.216 e. The molecule has 2 aromatic rings. The van der Waals surface area contributed by atoms with Gasteiger partial charge in [-0.2, -0.15) is 4.57 Å². The molecule has 0 saturated heterocycles. The van der Waals surface area contributed by atoms with E-state index >= 15 is 0 Å². The smallest absolute Gasteiger partial charge is 0.169 e. The standard InChI is InChI=1S/C18H28N2P.Ni/c1-14-10-15(2)17(16(3)11-14)20-9-8-19(12-20)13-21(7)18(4,5)6;/h8-12H,13H2,1-7H3;/q+1;/p+1. The summed E-state index contributed by atoms with van der Waals surface area (Å²) in [6, 6.07) is 4.52. The zero-order chi connectivity index (χ0) is 15.8. The van der Waals surface area contributed by atoms with E-state index < -0.39 is 7.92 Å². The van der Waals surface area contributed by atoms with Crippen LogP contribution in [0, 0.1) is 20.8 Å². The molecule has 0 aliphatic carbocycles. The minimum Gasteiger partial charge on any atom is -0.216 e. The second-order valence-electron chi connectivity index (χ2n) is 7.27. The molecular formula is C18H29N2NiP+2. The summed E-state index contributed by atoms with van der Waals surface area (Å²) in [4.78, 5) is 0. The fraction of sp³-hybridized carbons (Fsp3) is 0.500. The van der Waals surface area contributed by atoms with Gasteiger partial charge in [0, 0.05) is 42.2 Å². The summed E-state index contributed by atoms with van der Waals surface area (Å²) in [5, 5.41) is 0.440. The molecule has 1 heterocycles. The van der Waals surface area contributed by atoms with Gasteiger partial charge in [-0.3, -0.25) is 0 Å². The molecule has 0 amide bonds. The molecule has 0 N–H and O–H groups in total. The van der Waals surface area contributed by atoms with Crippen molar-refractivity contribution in [3.8, 4) is 5.69 Å². The van der Waals surface area contributed by atoms with E-state index in [1.54, 1.807) is 0 Å². The molecular weight excluding hydrogens is 334 g/mol. The molecule has 1 atom stereocenters. The van der Waals surface area contributed by atoms with Crippen molar-refractivity contribution in [1.82, 2.24) is 9.13 Å². The molecule has 0 aliphatic rings. The first-order chi connectivity index (χ1) is 9.68. The van der Waals surface area contributed by atoms with Crippen molar-refractivity contribution in [2.45, 2.75) is 53.0 Å². The fourth-order valence-corrected chi connectivity index (χ4v) is 3.92. The van der Waals surface area contributed by atoms with Gasteiger partial charge in [0.15, 0.2) is 12.6 Å². The molecule has 124 valence electrons. The maximum atomic E-state index is 2.43. The predicted molar refractivity (Wildman–Crippen MR) is 96.4 cm³/mol. The zero-order valence-corrected chi connectivity index (χ0v) is 16.8. The van der Waals surface area contributed by atoms with Gasteiger partial charge in [-0.05, 0) is 59.2 Å². The van der Waals surface area contributed by atoms with Gasteiger partial charge in [-0.15, -0.1) is 0 Å². The molecule has 0 fully saturated rings. The van der Waals surface area contributed by atoms with E-state index in [-0.39, 0.29) is 16.5 Å². The van der Waals surface area contributed by atoms with Crippen molar-refractivity contribution >= 4 is 7.92 Å². The van der Waals surface area contributed by atoms with Gasteiger partial charge < -0.3 is 0 Å². The van der Waals surface area contributed by atoms with Crippen molar-refractivity contribution in [2.24, 2.45) is 0 Å². The molecule has 22 heavy (non-hydrogen) atoms. The van der Waals surface area contributed by atoms with Gasteiger partial charge in [0.05, 0.1) is 5.16 Å². The van der Waals surface area contributed by atoms with E-state index in [4.69, 9.17) is 0 Å². The Kier molecular flexibility index (Phi) is 6.42. The topological polar surface area (TPSA) is 9.86 Å². The third kappa shape index (κ3) is 4.43. The summed E-state index contributed by atoms with van der Waals surface area (Å²) in [6.07, 6.45) is 7.79. The maximum absolute atomic E-state index is 2.43. The summed E-state index contributed by atoms with van der Waals surface area (Å²) >= 11 is 0. The summed E-state index contributed by atoms with van der Waals surface area (Å²) in [5.74, 6) is 0. The number of aryl methyl sites for hydroxylation is 3. The number of hydrogen-bond acceptors (Lipinski definition) is 0. The van der Waals surface area contributed by atoms with Gasteiger partial charge in [0.1, 0.15) is 18.1 Å². The Balaban J connectivity index is 0.00000242. The normalized spacial score (nSPS) is 12.9. The van der Waals surface area contributed by atoms with Crippen LogP contribution < -0.4 is 0 Å². The van der Waals surface area contributed by atoms with Crippen LogP contribution in [0.1, 0.15) is 37.5 Å². The van der Waals surface area contributed by atoms with E-state index in [1.807, 2.05) is 0 Å². The quantitative estimate of drug-likeness (QED) is 0.409. The molecule has 1 aromatic carbocycles. The Morgan fingerprint density at radius 2 is 1.59 bits per heavy atom. The summed E-state index contributed by atoms with van der Waals surface area (Å²) in [5.41, 5.74) is 5.33. The summed E-state index contributed by atoms with van der Waals surface area (Å²) in [6.45, 7) is 16.0. The monoisotopic (exact) mass is 362 g/mol. The minimum atomic E-state index is -0.403. The maximum Gasteiger partial charge on any atom is 0.169 e. The average molecular weight is 363 g/mol. The van der Waals surface area contributed by atoms with Crippen LogP contribution in [0.2, 0.25) is 0 Å². The van der Waals surface area contributed by atoms with Crippen LogP contribution in [0.3, 0.4) is 0 Å². The number of rotatable bonds is 3. The second kappa shape index (κ2) is 7.28. The van der Waals surface area contributed by atoms with Crippen molar-refractivity contribution in [3.63, 3.8) is 0 Å². The van der Waals surface area contributed by atoms with E-state index in [0.29, 0.717) is 5.16 Å². The molecule has 1 unspecified atom stereocenters.